The van der Waals surface area contributed by atoms with Crippen LogP contribution in [0.15, 0.2) is 48.6 Å². The van der Waals surface area contributed by atoms with Gasteiger partial charge in [-0.15, -0.1) is 0 Å². The number of aryl methyl sites for hydroxylation is 1. The Bertz CT molecular complexity index is 998. The lowest BCUT2D eigenvalue weighted by molar-refractivity contribution is -0.127. The van der Waals surface area contributed by atoms with E-state index < -0.39 is 5.92 Å². The van der Waals surface area contributed by atoms with Gasteiger partial charge in [0.1, 0.15) is 11.5 Å². The van der Waals surface area contributed by atoms with E-state index in [1.54, 1.807) is 26.4 Å². The molecule has 2 aromatic rings. The van der Waals surface area contributed by atoms with Gasteiger partial charge in [0.05, 0.1) is 20.1 Å². The molecule has 0 heterocycles. The van der Waals surface area contributed by atoms with Crippen molar-refractivity contribution in [2.24, 2.45) is 5.92 Å². The molecule has 0 radical (unpaired) electrons. The molecular formula is C28H34O4. The molecule has 1 unspecified atom stereocenters. The molecule has 170 valence electrons. The van der Waals surface area contributed by atoms with E-state index in [2.05, 4.69) is 20.8 Å². The fraction of sp³-hybridized carbons (Fsp3) is 0.357. The van der Waals surface area contributed by atoms with E-state index in [9.17, 15) is 9.59 Å². The Kier molecular flexibility index (Phi) is 9.45. The van der Waals surface area contributed by atoms with Gasteiger partial charge >= 0.3 is 0 Å². The van der Waals surface area contributed by atoms with Crippen molar-refractivity contribution in [3.63, 3.8) is 0 Å². The number of allylic oxidation sites excluding steroid dienone is 2. The van der Waals surface area contributed by atoms with Crippen LogP contribution < -0.4 is 9.47 Å². The summed E-state index contributed by atoms with van der Waals surface area (Å²) in [4.78, 5) is 25.5. The van der Waals surface area contributed by atoms with Crippen molar-refractivity contribution >= 4 is 23.7 Å². The van der Waals surface area contributed by atoms with Crippen molar-refractivity contribution in [1.82, 2.24) is 0 Å². The highest BCUT2D eigenvalue weighted by Crippen LogP contribution is 2.26. The average Bonchev–Trinajstić information content (AvgIpc) is 2.81. The van der Waals surface area contributed by atoms with Crippen LogP contribution >= 0.6 is 0 Å². The number of hydrogen-bond acceptors (Lipinski definition) is 4. The molecule has 0 amide bonds. The summed E-state index contributed by atoms with van der Waals surface area (Å²) in [5.74, 6) is 0.654. The zero-order chi connectivity index (χ0) is 23.7. The highest BCUT2D eigenvalue weighted by molar-refractivity contribution is 6.13. The van der Waals surface area contributed by atoms with Crippen LogP contribution in [0.25, 0.3) is 12.2 Å². The monoisotopic (exact) mass is 434 g/mol. The minimum atomic E-state index is -0.718. The van der Waals surface area contributed by atoms with Crippen LogP contribution in [0.3, 0.4) is 0 Å². The Labute approximate surface area is 191 Å². The van der Waals surface area contributed by atoms with Gasteiger partial charge in [0.15, 0.2) is 11.6 Å². The lowest BCUT2D eigenvalue weighted by Gasteiger charge is -2.11. The van der Waals surface area contributed by atoms with Crippen LogP contribution in [0.2, 0.25) is 0 Å². The average molecular weight is 435 g/mol. The third kappa shape index (κ3) is 6.43. The van der Waals surface area contributed by atoms with Gasteiger partial charge in [-0.3, -0.25) is 9.59 Å². The Morgan fingerprint density at radius 1 is 0.844 bits per heavy atom. The Morgan fingerprint density at radius 3 is 1.84 bits per heavy atom. The lowest BCUT2D eigenvalue weighted by Crippen LogP contribution is -2.20. The number of carbonyl (C=O) groups excluding carboxylic acids is 2. The third-order valence-electron chi connectivity index (χ3n) is 5.58. The van der Waals surface area contributed by atoms with E-state index in [4.69, 9.17) is 9.47 Å². The van der Waals surface area contributed by atoms with Crippen molar-refractivity contribution in [2.75, 3.05) is 14.2 Å². The molecule has 0 spiro atoms. The fourth-order valence-electron chi connectivity index (χ4n) is 3.46. The summed E-state index contributed by atoms with van der Waals surface area (Å²) in [6, 6.07) is 11.9. The molecule has 4 heteroatoms. The summed E-state index contributed by atoms with van der Waals surface area (Å²) in [6.07, 6.45) is 7.72. The van der Waals surface area contributed by atoms with E-state index in [0.717, 1.165) is 23.1 Å². The van der Waals surface area contributed by atoms with E-state index in [-0.39, 0.29) is 11.6 Å². The third-order valence-corrected chi connectivity index (χ3v) is 5.58. The van der Waals surface area contributed by atoms with Crippen molar-refractivity contribution in [3.05, 3.63) is 70.8 Å². The highest BCUT2D eigenvalue weighted by atomic mass is 16.5. The van der Waals surface area contributed by atoms with Gasteiger partial charge in [-0.2, -0.15) is 0 Å². The van der Waals surface area contributed by atoms with Gasteiger partial charge in [0, 0.05) is 11.1 Å². The number of rotatable bonds is 11. The maximum Gasteiger partial charge on any atom is 0.166 e. The SMILES string of the molecule is CCc1ccc(/C=C/C(=O)C(CC)C(=O)/C=C/c2ccc(C(C)C)cc2OC)c(OC)c1. The molecular weight excluding hydrogens is 400 g/mol. The summed E-state index contributed by atoms with van der Waals surface area (Å²) < 4.78 is 10.9. The molecule has 0 saturated heterocycles. The van der Waals surface area contributed by atoms with Gasteiger partial charge < -0.3 is 9.47 Å². The molecule has 0 N–H and O–H groups in total. The second-order valence-corrected chi connectivity index (χ2v) is 8.02. The van der Waals surface area contributed by atoms with Gasteiger partial charge in [-0.25, -0.2) is 0 Å². The summed E-state index contributed by atoms with van der Waals surface area (Å²) in [6.45, 7) is 8.16. The van der Waals surface area contributed by atoms with E-state index in [1.165, 1.54) is 17.7 Å². The van der Waals surface area contributed by atoms with E-state index >= 15 is 0 Å². The Morgan fingerprint density at radius 2 is 1.38 bits per heavy atom. The van der Waals surface area contributed by atoms with Crippen molar-refractivity contribution < 1.29 is 19.1 Å². The van der Waals surface area contributed by atoms with Crippen LogP contribution in [-0.4, -0.2) is 25.8 Å². The predicted octanol–water partition coefficient (Wildman–Crippen LogP) is 6.28. The molecule has 0 fully saturated rings. The molecule has 0 aliphatic carbocycles. The van der Waals surface area contributed by atoms with Crippen molar-refractivity contribution in [3.8, 4) is 11.5 Å². The van der Waals surface area contributed by atoms with E-state index in [1.807, 2.05) is 43.3 Å². The lowest BCUT2D eigenvalue weighted by atomic mass is 9.94. The summed E-state index contributed by atoms with van der Waals surface area (Å²) in [5.41, 5.74) is 3.95. The molecule has 2 aromatic carbocycles. The molecule has 32 heavy (non-hydrogen) atoms. The van der Waals surface area contributed by atoms with Crippen molar-refractivity contribution in [2.45, 2.75) is 46.5 Å². The van der Waals surface area contributed by atoms with Gasteiger partial charge in [0.2, 0.25) is 0 Å². The first-order valence-corrected chi connectivity index (χ1v) is 11.1. The quantitative estimate of drug-likeness (QED) is 0.308. The second-order valence-electron chi connectivity index (χ2n) is 8.02. The zero-order valence-corrected chi connectivity index (χ0v) is 20.0. The second kappa shape index (κ2) is 12.0. The zero-order valence-electron chi connectivity index (χ0n) is 20.0. The molecule has 0 aliphatic rings. The first kappa shape index (κ1) is 25.1. The number of hydrogen-bond donors (Lipinski definition) is 0. The number of methoxy groups -OCH3 is 2. The molecule has 0 saturated carbocycles. The van der Waals surface area contributed by atoms with Gasteiger partial charge in [-0.1, -0.05) is 52.0 Å². The van der Waals surface area contributed by atoms with Gasteiger partial charge in [-0.05, 0) is 66.3 Å². The van der Waals surface area contributed by atoms with Crippen LogP contribution in [0.1, 0.15) is 62.3 Å². The fourth-order valence-corrected chi connectivity index (χ4v) is 3.46. The topological polar surface area (TPSA) is 52.6 Å². The normalized spacial score (nSPS) is 12.5. The minimum Gasteiger partial charge on any atom is -0.496 e. The molecule has 0 aromatic heterocycles. The van der Waals surface area contributed by atoms with Gasteiger partial charge in [0.25, 0.3) is 0 Å². The molecule has 1 atom stereocenters. The smallest absolute Gasteiger partial charge is 0.166 e. The first-order chi connectivity index (χ1) is 15.3. The number of ether oxygens (including phenoxy) is 2. The maximum atomic E-state index is 12.8. The predicted molar refractivity (Wildman–Crippen MR) is 131 cm³/mol. The highest BCUT2D eigenvalue weighted by Gasteiger charge is 2.20. The Balaban J connectivity index is 2.17. The summed E-state index contributed by atoms with van der Waals surface area (Å²) >= 11 is 0. The summed E-state index contributed by atoms with van der Waals surface area (Å²) in [7, 11) is 3.22. The van der Waals surface area contributed by atoms with Crippen LogP contribution in [0, 0.1) is 5.92 Å². The van der Waals surface area contributed by atoms with Crippen LogP contribution in [-0.2, 0) is 16.0 Å². The molecule has 2 rings (SSSR count). The standard InChI is InChI=1S/C28H34O4/c1-7-20-9-10-21(27(17-20)31-5)13-15-25(29)24(8-2)26(30)16-14-22-11-12-23(19(3)4)18-28(22)32-6/h9-19,24H,7-8H2,1-6H3/b15-13+,16-14+. The molecule has 0 aliphatic heterocycles. The van der Waals surface area contributed by atoms with E-state index in [0.29, 0.717) is 23.8 Å². The largest absolute Gasteiger partial charge is 0.496 e. The minimum absolute atomic E-state index is 0.217. The number of benzene rings is 2. The summed E-state index contributed by atoms with van der Waals surface area (Å²) in [5, 5.41) is 0. The van der Waals surface area contributed by atoms with Crippen LogP contribution in [0.5, 0.6) is 11.5 Å². The maximum absolute atomic E-state index is 12.8. The molecule has 4 nitrogen and oxygen atoms in total. The van der Waals surface area contributed by atoms with Crippen molar-refractivity contribution in [1.29, 1.82) is 0 Å². The van der Waals surface area contributed by atoms with Crippen LogP contribution in [0.4, 0.5) is 0 Å². The number of ketones is 2. The first-order valence-electron chi connectivity index (χ1n) is 11.1. The number of carbonyl (C=O) groups is 2. The molecule has 0 bridgehead atoms. The Hall–Kier alpha value is -3.14.